The van der Waals surface area contributed by atoms with Gasteiger partial charge >= 0.3 is 6.09 Å². The minimum atomic E-state index is -0.685. The molecule has 2 aromatic heterocycles. The fraction of sp³-hybridized carbons (Fsp3) is 0.375. The average molecular weight is 814 g/mol. The summed E-state index contributed by atoms with van der Waals surface area (Å²) in [7, 11) is 1.46. The third kappa shape index (κ3) is 10.7. The predicted octanol–water partition coefficient (Wildman–Crippen LogP) is 3.28. The first-order valence-corrected chi connectivity index (χ1v) is 18.9. The number of nitrogens with two attached hydrogens (primary N) is 3. The monoisotopic (exact) mass is 813 g/mol. The van der Waals surface area contributed by atoms with Gasteiger partial charge in [0, 0.05) is 50.4 Å². The third-order valence-corrected chi connectivity index (χ3v) is 9.04. The normalized spacial score (nSPS) is 13.4. The minimum Gasteiger partial charge on any atom is -0.494 e. The Hall–Kier alpha value is -7.05. The molecule has 19 heteroatoms. The molecule has 59 heavy (non-hydrogen) atoms. The molecule has 1 aliphatic rings. The van der Waals surface area contributed by atoms with E-state index < -0.39 is 29.4 Å². The molecule has 1 saturated heterocycles. The molecule has 0 spiro atoms. The molecule has 3 heterocycles. The Kier molecular flexibility index (Phi) is 13.5. The number of imidazole rings is 1. The van der Waals surface area contributed by atoms with Gasteiger partial charge in [-0.15, -0.1) is 0 Å². The number of carbonyl (C=O) groups is 5. The van der Waals surface area contributed by atoms with E-state index in [0.29, 0.717) is 60.0 Å². The average Bonchev–Trinajstić information content (AvgIpc) is 3.73. The number of piperazine rings is 1. The second-order valence-corrected chi connectivity index (χ2v) is 14.6. The van der Waals surface area contributed by atoms with Crippen LogP contribution < -0.4 is 37.3 Å². The van der Waals surface area contributed by atoms with Crippen LogP contribution in [0.2, 0.25) is 0 Å². The van der Waals surface area contributed by atoms with Crippen molar-refractivity contribution in [2.24, 2.45) is 11.5 Å². The molecule has 0 bridgehead atoms. The van der Waals surface area contributed by atoms with E-state index in [1.165, 1.54) is 36.3 Å². The number of nitrogen functional groups attached to an aromatic ring is 1. The zero-order chi connectivity index (χ0) is 43.0. The Labute approximate surface area is 341 Å². The smallest absolute Gasteiger partial charge is 0.410 e. The number of hydrogen-bond donors (Lipinski definition) is 5. The molecule has 314 valence electrons. The summed E-state index contributed by atoms with van der Waals surface area (Å²) in [5.41, 5.74) is 19.7. The summed E-state index contributed by atoms with van der Waals surface area (Å²) in [6.45, 7) is 11.0. The van der Waals surface area contributed by atoms with E-state index >= 15 is 0 Å². The van der Waals surface area contributed by atoms with Crippen LogP contribution in [-0.4, -0.2) is 111 Å². The number of nitrogens with one attached hydrogen (secondary N) is 2. The topological polar surface area (TPSA) is 257 Å². The maximum absolute atomic E-state index is 13.4. The van der Waals surface area contributed by atoms with Gasteiger partial charge in [0.05, 0.1) is 24.0 Å². The number of fused-ring (bicyclic) bond motifs is 1. The van der Waals surface area contributed by atoms with Crippen molar-refractivity contribution in [1.82, 2.24) is 29.1 Å². The van der Waals surface area contributed by atoms with Crippen molar-refractivity contribution in [3.8, 4) is 11.5 Å². The summed E-state index contributed by atoms with van der Waals surface area (Å²) in [4.78, 5) is 70.3. The summed E-state index contributed by atoms with van der Waals surface area (Å²) < 4.78 is 20.3. The number of rotatable bonds is 16. The number of allylic oxidation sites excluding steroid dienone is 1. The first-order valence-electron chi connectivity index (χ1n) is 18.9. The number of methoxy groups -OCH3 is 1. The number of amides is 5. The Morgan fingerprint density at radius 2 is 1.63 bits per heavy atom. The molecule has 0 aliphatic carbocycles. The van der Waals surface area contributed by atoms with Crippen molar-refractivity contribution < 1.29 is 38.2 Å². The van der Waals surface area contributed by atoms with E-state index in [4.69, 9.17) is 31.4 Å². The zero-order valence-corrected chi connectivity index (χ0v) is 34.0. The first kappa shape index (κ1) is 43.1. The molecule has 2 aromatic carbocycles. The lowest BCUT2D eigenvalue weighted by molar-refractivity contribution is -0.135. The van der Waals surface area contributed by atoms with Crippen molar-refractivity contribution >= 4 is 58.1 Å². The molecule has 5 rings (SSSR count). The number of carbonyl (C=O) groups excluding carboxylic acids is 5. The molecule has 0 radical (unpaired) electrons. The summed E-state index contributed by atoms with van der Waals surface area (Å²) in [6.07, 6.45) is 6.63. The van der Waals surface area contributed by atoms with Crippen LogP contribution in [0.25, 0.3) is 11.0 Å². The third-order valence-electron chi connectivity index (χ3n) is 9.04. The number of anilines is 3. The summed E-state index contributed by atoms with van der Waals surface area (Å²) in [6, 6.07) is 7.66. The summed E-state index contributed by atoms with van der Waals surface area (Å²) in [5, 5.41) is 10.5. The van der Waals surface area contributed by atoms with Gasteiger partial charge in [0.25, 0.3) is 5.91 Å². The highest BCUT2D eigenvalue weighted by Gasteiger charge is 2.30. The van der Waals surface area contributed by atoms with Crippen LogP contribution in [0.4, 0.5) is 22.1 Å². The maximum atomic E-state index is 13.4. The minimum absolute atomic E-state index is 0.0730. The molecular formula is C40H51N11O8. The summed E-state index contributed by atoms with van der Waals surface area (Å²) >= 11 is 0. The van der Waals surface area contributed by atoms with Crippen molar-refractivity contribution in [1.29, 1.82) is 0 Å². The van der Waals surface area contributed by atoms with Gasteiger partial charge in [-0.05, 0) is 71.0 Å². The van der Waals surface area contributed by atoms with Gasteiger partial charge < -0.3 is 46.2 Å². The molecule has 0 saturated carbocycles. The van der Waals surface area contributed by atoms with E-state index in [-0.39, 0.29) is 60.7 Å². The zero-order valence-electron chi connectivity index (χ0n) is 34.0. The van der Waals surface area contributed by atoms with Crippen LogP contribution in [0.5, 0.6) is 11.5 Å². The first-order chi connectivity index (χ1) is 28.0. The van der Waals surface area contributed by atoms with E-state index in [9.17, 15) is 24.0 Å². The Morgan fingerprint density at radius 1 is 0.932 bits per heavy atom. The number of aromatic nitrogens is 4. The van der Waals surface area contributed by atoms with E-state index in [0.717, 1.165) is 0 Å². The van der Waals surface area contributed by atoms with E-state index in [2.05, 4.69) is 20.7 Å². The van der Waals surface area contributed by atoms with Crippen LogP contribution in [0.15, 0.2) is 54.6 Å². The molecule has 0 unspecified atom stereocenters. The molecule has 1 fully saturated rings. The van der Waals surface area contributed by atoms with Gasteiger partial charge in [-0.1, -0.05) is 18.2 Å². The molecule has 0 atom stereocenters. The molecule has 1 aliphatic heterocycles. The van der Waals surface area contributed by atoms with Crippen LogP contribution in [0.3, 0.4) is 0 Å². The fourth-order valence-corrected chi connectivity index (χ4v) is 6.23. The second-order valence-electron chi connectivity index (χ2n) is 14.6. The van der Waals surface area contributed by atoms with Crippen LogP contribution in [0, 0.1) is 6.92 Å². The molecule has 5 amide bonds. The lowest BCUT2D eigenvalue weighted by atomic mass is 10.1. The second kappa shape index (κ2) is 18.5. The Morgan fingerprint density at radius 3 is 2.29 bits per heavy atom. The number of ether oxygens (including phenoxy) is 3. The fourth-order valence-electron chi connectivity index (χ4n) is 6.23. The van der Waals surface area contributed by atoms with Crippen molar-refractivity contribution in [2.75, 3.05) is 62.8 Å². The lowest BCUT2D eigenvalue weighted by Gasteiger charge is -2.34. The quantitative estimate of drug-likeness (QED) is 0.0807. The molecule has 8 N–H and O–H groups in total. The number of primary amides is 2. The largest absolute Gasteiger partial charge is 0.494 e. The van der Waals surface area contributed by atoms with Crippen LogP contribution >= 0.6 is 0 Å². The molecule has 4 aromatic rings. The highest BCUT2D eigenvalue weighted by Crippen LogP contribution is 2.33. The predicted molar refractivity (Wildman–Crippen MR) is 221 cm³/mol. The number of benzene rings is 2. The lowest BCUT2D eigenvalue weighted by Crippen LogP contribution is -2.53. The van der Waals surface area contributed by atoms with Crippen molar-refractivity contribution in [2.45, 2.75) is 53.3 Å². The van der Waals surface area contributed by atoms with Gasteiger partial charge in [-0.25, -0.2) is 9.78 Å². The van der Waals surface area contributed by atoms with Gasteiger partial charge in [-0.3, -0.25) is 34.1 Å². The highest BCUT2D eigenvalue weighted by molar-refractivity contribution is 6.04. The number of hydrogen-bond acceptors (Lipinski definition) is 12. The number of aryl methyl sites for hydroxylation is 2. The van der Waals surface area contributed by atoms with E-state index in [1.54, 1.807) is 60.1 Å². The van der Waals surface area contributed by atoms with Gasteiger partial charge in [0.15, 0.2) is 0 Å². The maximum Gasteiger partial charge on any atom is 0.410 e. The Balaban J connectivity index is 1.27. The standard InChI is InChI=1S/C40H51N11O8/c1-7-51-29(18-24(2)47-51)37(55)46-38-45-28-20-26(36(43)54)22-31(57-6)34(28)50(38)14-9-8-12-44-33-27(41)19-25(35(42)53)21-30(33)58-17-11-10-13-48-15-16-49(23-32(48)52)39(56)59-40(3,4)5/h8-11,18-22,44H,7,12-17,23,41H2,1-6H3,(H2,42,53)(H2,43,54)(H,45,46,55)/b9-8+,11-10+. The van der Waals surface area contributed by atoms with Crippen LogP contribution in [-0.2, 0) is 22.6 Å². The molecular weight excluding hydrogens is 763 g/mol. The summed E-state index contributed by atoms with van der Waals surface area (Å²) in [5.74, 6) is -1.17. The van der Waals surface area contributed by atoms with E-state index in [1.807, 2.05) is 19.1 Å². The molecule has 19 nitrogen and oxygen atoms in total. The SMILES string of the molecule is CCn1nc(C)cc1C(=O)Nc1nc2cc(C(N)=O)cc(OC)c2n1C/C=C/CNc1c(N)cc(C(N)=O)cc1OC/C=C/CN1CCN(C(=O)OC(C)(C)C)CC1=O. The van der Waals surface area contributed by atoms with Gasteiger partial charge in [0.1, 0.15) is 47.1 Å². The highest BCUT2D eigenvalue weighted by atomic mass is 16.6. The van der Waals surface area contributed by atoms with Gasteiger partial charge in [0.2, 0.25) is 23.7 Å². The Bertz CT molecular complexity index is 2300. The number of nitrogens with zero attached hydrogens (tertiary/aromatic N) is 6. The van der Waals surface area contributed by atoms with Gasteiger partial charge in [-0.2, -0.15) is 5.10 Å². The van der Waals surface area contributed by atoms with Crippen LogP contribution in [0.1, 0.15) is 64.6 Å². The van der Waals surface area contributed by atoms with Crippen molar-refractivity contribution in [3.05, 3.63) is 77.2 Å². The van der Waals surface area contributed by atoms with Crippen molar-refractivity contribution in [3.63, 3.8) is 0 Å².